The zero-order valence-electron chi connectivity index (χ0n) is 14.2. The Bertz CT molecular complexity index is 536. The third kappa shape index (κ3) is 4.86. The summed E-state index contributed by atoms with van der Waals surface area (Å²) < 4.78 is 65.0. The second kappa shape index (κ2) is 7.55. The fourth-order valence-corrected chi connectivity index (χ4v) is 3.58. The molecule has 23 heavy (non-hydrogen) atoms. The SMILES string of the molecule is CCCCOc1cc([Si](C)(C)C)c(OCC)c(F)c1C(F)(F)F. The molecule has 7 heteroatoms. The minimum atomic E-state index is -4.84. The van der Waals surface area contributed by atoms with E-state index >= 15 is 0 Å². The monoisotopic (exact) mass is 352 g/mol. The first-order valence-corrected chi connectivity index (χ1v) is 11.2. The van der Waals surface area contributed by atoms with E-state index < -0.39 is 31.4 Å². The molecule has 0 spiro atoms. The quantitative estimate of drug-likeness (QED) is 0.392. The number of benzene rings is 1. The third-order valence-electron chi connectivity index (χ3n) is 3.32. The maximum atomic E-state index is 14.6. The predicted molar refractivity (Wildman–Crippen MR) is 86.0 cm³/mol. The molecule has 0 aromatic heterocycles. The lowest BCUT2D eigenvalue weighted by Crippen LogP contribution is -2.40. The molecule has 1 aromatic carbocycles. The van der Waals surface area contributed by atoms with Gasteiger partial charge in [0.1, 0.15) is 11.3 Å². The lowest BCUT2D eigenvalue weighted by Gasteiger charge is -2.25. The summed E-state index contributed by atoms with van der Waals surface area (Å²) in [6.45, 7) is 9.51. The van der Waals surface area contributed by atoms with Crippen molar-refractivity contribution >= 4 is 13.3 Å². The Balaban J connectivity index is 3.56. The van der Waals surface area contributed by atoms with Gasteiger partial charge in [-0.2, -0.15) is 13.2 Å². The van der Waals surface area contributed by atoms with Gasteiger partial charge in [-0.25, -0.2) is 4.39 Å². The zero-order chi connectivity index (χ0) is 17.8. The van der Waals surface area contributed by atoms with Crippen molar-refractivity contribution in [2.24, 2.45) is 0 Å². The Labute approximate surface area is 135 Å². The molecule has 0 saturated carbocycles. The number of ether oxygens (including phenoxy) is 2. The summed E-state index contributed by atoms with van der Waals surface area (Å²) in [6.07, 6.45) is -3.45. The third-order valence-corrected chi connectivity index (χ3v) is 5.31. The van der Waals surface area contributed by atoms with Crippen LogP contribution in [0.25, 0.3) is 0 Å². The van der Waals surface area contributed by atoms with Crippen molar-refractivity contribution in [3.63, 3.8) is 0 Å². The lowest BCUT2D eigenvalue weighted by molar-refractivity contribution is -0.141. The van der Waals surface area contributed by atoms with E-state index in [0.717, 1.165) is 6.42 Å². The van der Waals surface area contributed by atoms with Crippen molar-refractivity contribution in [2.45, 2.75) is 52.5 Å². The summed E-state index contributed by atoms with van der Waals surface area (Å²) in [4.78, 5) is 0. The van der Waals surface area contributed by atoms with Crippen molar-refractivity contribution in [3.05, 3.63) is 17.4 Å². The van der Waals surface area contributed by atoms with Gasteiger partial charge in [-0.3, -0.25) is 0 Å². The van der Waals surface area contributed by atoms with Gasteiger partial charge >= 0.3 is 6.18 Å². The fraction of sp³-hybridized carbons (Fsp3) is 0.625. The molecule has 0 N–H and O–H groups in total. The summed E-state index contributed by atoms with van der Waals surface area (Å²) in [5.74, 6) is -2.10. The number of unbranched alkanes of at least 4 members (excludes halogenated alkanes) is 1. The molecule has 0 aliphatic rings. The van der Waals surface area contributed by atoms with Crippen LogP contribution in [0.2, 0.25) is 19.6 Å². The van der Waals surface area contributed by atoms with E-state index in [0.29, 0.717) is 11.6 Å². The molecule has 1 rings (SSSR count). The summed E-state index contributed by atoms with van der Waals surface area (Å²) >= 11 is 0. The van der Waals surface area contributed by atoms with Crippen LogP contribution in [0.1, 0.15) is 32.3 Å². The van der Waals surface area contributed by atoms with Gasteiger partial charge in [0.2, 0.25) is 0 Å². The molecule has 2 nitrogen and oxygen atoms in total. The highest BCUT2D eigenvalue weighted by Gasteiger charge is 2.41. The minimum Gasteiger partial charge on any atom is -0.493 e. The van der Waals surface area contributed by atoms with Crippen molar-refractivity contribution in [3.8, 4) is 11.5 Å². The Kier molecular flexibility index (Phi) is 6.50. The Morgan fingerprint density at radius 1 is 1.09 bits per heavy atom. The molecule has 0 radical (unpaired) electrons. The average Bonchev–Trinajstić information content (AvgIpc) is 2.39. The second-order valence-corrected chi connectivity index (χ2v) is 11.4. The van der Waals surface area contributed by atoms with E-state index in [1.807, 2.05) is 26.6 Å². The largest absolute Gasteiger partial charge is 0.493 e. The summed E-state index contributed by atoms with van der Waals surface area (Å²) in [7, 11) is -2.12. The maximum Gasteiger partial charge on any atom is 0.422 e. The van der Waals surface area contributed by atoms with E-state index in [2.05, 4.69) is 0 Å². The van der Waals surface area contributed by atoms with Gasteiger partial charge in [-0.15, -0.1) is 0 Å². The molecular weight excluding hydrogens is 328 g/mol. The van der Waals surface area contributed by atoms with Gasteiger partial charge in [-0.05, 0) is 24.6 Å². The lowest BCUT2D eigenvalue weighted by atomic mass is 10.1. The molecule has 0 heterocycles. The smallest absolute Gasteiger partial charge is 0.422 e. The van der Waals surface area contributed by atoms with Gasteiger partial charge in [0.25, 0.3) is 0 Å². The van der Waals surface area contributed by atoms with Gasteiger partial charge in [-0.1, -0.05) is 33.0 Å². The molecule has 0 saturated heterocycles. The highest BCUT2D eigenvalue weighted by Crippen LogP contribution is 2.41. The summed E-state index contributed by atoms with van der Waals surface area (Å²) in [6, 6.07) is 1.32. The van der Waals surface area contributed by atoms with Gasteiger partial charge < -0.3 is 9.47 Å². The zero-order valence-corrected chi connectivity index (χ0v) is 15.2. The topological polar surface area (TPSA) is 18.5 Å². The Hall–Kier alpha value is -1.24. The number of hydrogen-bond acceptors (Lipinski definition) is 2. The molecule has 0 aliphatic carbocycles. The first-order chi connectivity index (χ1) is 10.5. The van der Waals surface area contributed by atoms with E-state index in [9.17, 15) is 17.6 Å². The van der Waals surface area contributed by atoms with E-state index in [1.54, 1.807) is 6.92 Å². The number of halogens is 4. The molecule has 0 fully saturated rings. The van der Waals surface area contributed by atoms with E-state index in [1.165, 1.54) is 6.07 Å². The molecule has 0 aliphatic heterocycles. The molecule has 0 atom stereocenters. The molecule has 0 amide bonds. The molecule has 0 bridgehead atoms. The van der Waals surface area contributed by atoms with E-state index in [4.69, 9.17) is 9.47 Å². The van der Waals surface area contributed by atoms with Crippen molar-refractivity contribution < 1.29 is 27.0 Å². The number of alkyl halides is 3. The summed E-state index contributed by atoms with van der Waals surface area (Å²) in [5.41, 5.74) is -1.38. The maximum absolute atomic E-state index is 14.6. The second-order valence-electron chi connectivity index (χ2n) is 6.32. The number of hydrogen-bond donors (Lipinski definition) is 0. The van der Waals surface area contributed by atoms with Crippen molar-refractivity contribution in [1.29, 1.82) is 0 Å². The minimum absolute atomic E-state index is 0.0989. The van der Waals surface area contributed by atoms with Crippen molar-refractivity contribution in [2.75, 3.05) is 13.2 Å². The van der Waals surface area contributed by atoms with Gasteiger partial charge in [0.15, 0.2) is 11.6 Å². The summed E-state index contributed by atoms with van der Waals surface area (Å²) in [5, 5.41) is 0.497. The van der Waals surface area contributed by atoms with Crippen LogP contribution in [0.4, 0.5) is 17.6 Å². The van der Waals surface area contributed by atoms with Crippen molar-refractivity contribution in [1.82, 2.24) is 0 Å². The predicted octanol–water partition coefficient (Wildman–Crippen LogP) is 4.97. The van der Waals surface area contributed by atoms with Crippen LogP contribution in [0.15, 0.2) is 6.07 Å². The van der Waals surface area contributed by atoms with Crippen LogP contribution in [-0.4, -0.2) is 21.3 Å². The van der Waals surface area contributed by atoms with Gasteiger partial charge in [0.05, 0.1) is 21.3 Å². The average molecular weight is 352 g/mol. The van der Waals surface area contributed by atoms with Crippen LogP contribution in [0, 0.1) is 5.82 Å². The Morgan fingerprint density at radius 2 is 1.70 bits per heavy atom. The first kappa shape index (κ1) is 19.8. The first-order valence-electron chi connectivity index (χ1n) is 7.73. The highest BCUT2D eigenvalue weighted by molar-refractivity contribution is 6.89. The fourth-order valence-electron chi connectivity index (χ4n) is 2.16. The van der Waals surface area contributed by atoms with Crippen LogP contribution < -0.4 is 14.7 Å². The Morgan fingerprint density at radius 3 is 2.13 bits per heavy atom. The molecule has 0 unspecified atom stereocenters. The molecule has 1 aromatic rings. The van der Waals surface area contributed by atoms with Crippen LogP contribution in [0.5, 0.6) is 11.5 Å². The van der Waals surface area contributed by atoms with Gasteiger partial charge in [0, 0.05) is 0 Å². The standard InChI is InChI=1S/C16H24F4O2Si/c1-6-8-9-22-11-10-12(23(3,4)5)15(21-7-2)14(17)13(11)16(18,19)20/h10H,6-9H2,1-5H3. The number of rotatable bonds is 7. The van der Waals surface area contributed by atoms with Crippen LogP contribution in [-0.2, 0) is 6.18 Å². The molecule has 132 valence electrons. The molecular formula is C16H24F4O2Si. The van der Waals surface area contributed by atoms with Crippen LogP contribution >= 0.6 is 0 Å². The van der Waals surface area contributed by atoms with Crippen LogP contribution in [0.3, 0.4) is 0 Å². The normalized spacial score (nSPS) is 12.4. The highest BCUT2D eigenvalue weighted by atomic mass is 28.3. The van der Waals surface area contributed by atoms with E-state index in [-0.39, 0.29) is 19.0 Å².